The van der Waals surface area contributed by atoms with E-state index in [9.17, 15) is 0 Å². The minimum Gasteiger partial charge on any atom is -0.491 e. The molecule has 0 aliphatic rings. The number of hydrogen-bond donors (Lipinski definition) is 1. The van der Waals surface area contributed by atoms with Crippen LogP contribution in [-0.4, -0.2) is 17.6 Å². The number of oxazole rings is 1. The van der Waals surface area contributed by atoms with Crippen molar-refractivity contribution in [1.82, 2.24) is 10.3 Å². The zero-order chi connectivity index (χ0) is 14.4. The summed E-state index contributed by atoms with van der Waals surface area (Å²) in [4.78, 5) is 4.49. The maximum atomic E-state index is 5.68. The second-order valence-corrected chi connectivity index (χ2v) is 5.02. The van der Waals surface area contributed by atoms with Crippen molar-refractivity contribution in [2.24, 2.45) is 0 Å². The van der Waals surface area contributed by atoms with E-state index < -0.39 is 0 Å². The van der Waals surface area contributed by atoms with Gasteiger partial charge in [0, 0.05) is 12.1 Å². The van der Waals surface area contributed by atoms with Crippen LogP contribution >= 0.6 is 0 Å². The van der Waals surface area contributed by atoms with Gasteiger partial charge < -0.3 is 14.5 Å². The molecule has 0 bridgehead atoms. The van der Waals surface area contributed by atoms with Gasteiger partial charge in [-0.15, -0.1) is 0 Å². The molecule has 0 saturated carbocycles. The summed E-state index contributed by atoms with van der Waals surface area (Å²) in [5.74, 6) is 1.47. The van der Waals surface area contributed by atoms with E-state index in [4.69, 9.17) is 9.15 Å². The first-order valence-electron chi connectivity index (χ1n) is 7.11. The lowest BCUT2D eigenvalue weighted by atomic mass is 10.2. The van der Waals surface area contributed by atoms with Crippen molar-refractivity contribution in [3.63, 3.8) is 0 Å². The molecule has 0 fully saturated rings. The summed E-state index contributed by atoms with van der Waals surface area (Å²) in [6, 6.07) is 7.82. The molecule has 4 heteroatoms. The second kappa shape index (κ2) is 7.10. The van der Waals surface area contributed by atoms with E-state index in [0.29, 0.717) is 5.89 Å². The predicted molar refractivity (Wildman–Crippen MR) is 79.7 cm³/mol. The molecule has 0 saturated heterocycles. The molecule has 0 spiro atoms. The molecule has 0 atom stereocenters. The Morgan fingerprint density at radius 3 is 2.95 bits per heavy atom. The number of ether oxygens (including phenoxy) is 1. The summed E-state index contributed by atoms with van der Waals surface area (Å²) in [7, 11) is 0. The van der Waals surface area contributed by atoms with E-state index in [1.807, 2.05) is 38.1 Å². The lowest BCUT2D eigenvalue weighted by molar-refractivity contribution is 0.242. The Bertz CT molecular complexity index is 535. The van der Waals surface area contributed by atoms with E-state index in [1.54, 1.807) is 6.26 Å². The van der Waals surface area contributed by atoms with Gasteiger partial charge in [-0.25, -0.2) is 4.98 Å². The van der Waals surface area contributed by atoms with Gasteiger partial charge in [0.15, 0.2) is 0 Å². The van der Waals surface area contributed by atoms with Crippen LogP contribution in [0.2, 0.25) is 0 Å². The van der Waals surface area contributed by atoms with Crippen LogP contribution in [0.4, 0.5) is 0 Å². The first-order chi connectivity index (χ1) is 9.69. The van der Waals surface area contributed by atoms with Crippen LogP contribution in [0.25, 0.3) is 11.5 Å². The monoisotopic (exact) mass is 274 g/mol. The molecule has 108 valence electrons. The smallest absolute Gasteiger partial charge is 0.226 e. The first-order valence-corrected chi connectivity index (χ1v) is 7.11. The molecular formula is C16H22N2O2. The minimum absolute atomic E-state index is 0.156. The normalized spacial score (nSPS) is 11.0. The highest BCUT2D eigenvalue weighted by Crippen LogP contribution is 2.24. The van der Waals surface area contributed by atoms with Gasteiger partial charge in [-0.1, -0.05) is 13.0 Å². The van der Waals surface area contributed by atoms with Crippen LogP contribution in [0.15, 0.2) is 34.9 Å². The zero-order valence-electron chi connectivity index (χ0n) is 12.3. The van der Waals surface area contributed by atoms with Crippen LogP contribution in [0.3, 0.4) is 0 Å². The Kier molecular flexibility index (Phi) is 5.18. The summed E-state index contributed by atoms with van der Waals surface area (Å²) < 4.78 is 11.2. The fourth-order valence-corrected chi connectivity index (χ4v) is 1.89. The Balaban J connectivity index is 2.07. The van der Waals surface area contributed by atoms with Crippen LogP contribution in [0, 0.1) is 0 Å². The molecule has 0 amide bonds. The van der Waals surface area contributed by atoms with Gasteiger partial charge in [-0.2, -0.15) is 0 Å². The molecule has 0 aliphatic carbocycles. The molecule has 1 aromatic heterocycles. The fourth-order valence-electron chi connectivity index (χ4n) is 1.89. The molecule has 0 radical (unpaired) electrons. The average molecular weight is 274 g/mol. The molecule has 1 N–H and O–H groups in total. The number of aromatic nitrogens is 1. The van der Waals surface area contributed by atoms with Crippen LogP contribution in [-0.2, 0) is 6.54 Å². The van der Waals surface area contributed by atoms with Crippen LogP contribution in [0.1, 0.15) is 32.9 Å². The molecule has 0 unspecified atom stereocenters. The highest BCUT2D eigenvalue weighted by atomic mass is 16.5. The lowest BCUT2D eigenvalue weighted by Crippen LogP contribution is -2.13. The highest BCUT2D eigenvalue weighted by Gasteiger charge is 2.08. The molecule has 2 rings (SSSR count). The van der Waals surface area contributed by atoms with Gasteiger partial charge in [-0.3, -0.25) is 0 Å². The fraction of sp³-hybridized carbons (Fsp3) is 0.438. The summed E-state index contributed by atoms with van der Waals surface area (Å²) in [6.07, 6.45) is 2.97. The van der Waals surface area contributed by atoms with Crippen LogP contribution in [0.5, 0.6) is 5.75 Å². The Morgan fingerprint density at radius 1 is 1.35 bits per heavy atom. The third-order valence-corrected chi connectivity index (χ3v) is 2.74. The Labute approximate surface area is 120 Å². The quantitative estimate of drug-likeness (QED) is 0.783. The summed E-state index contributed by atoms with van der Waals surface area (Å²) in [5, 5.41) is 3.31. The maximum absolute atomic E-state index is 5.68. The molecule has 1 heterocycles. The Morgan fingerprint density at radius 2 is 2.20 bits per heavy atom. The largest absolute Gasteiger partial charge is 0.491 e. The molecule has 2 aromatic rings. The lowest BCUT2D eigenvalue weighted by Gasteiger charge is -2.09. The third-order valence-electron chi connectivity index (χ3n) is 2.74. The molecule has 4 nitrogen and oxygen atoms in total. The standard InChI is InChI=1S/C16H22N2O2/c1-4-8-17-10-14-11-19-16(18-14)13-6-5-7-15(9-13)20-12(2)3/h5-7,9,11-12,17H,4,8,10H2,1-3H3. The minimum atomic E-state index is 0.156. The van der Waals surface area contributed by atoms with Crippen molar-refractivity contribution < 1.29 is 9.15 Å². The van der Waals surface area contributed by atoms with Crippen molar-refractivity contribution in [3.05, 3.63) is 36.2 Å². The summed E-state index contributed by atoms with van der Waals surface area (Å²) >= 11 is 0. The SMILES string of the molecule is CCCNCc1coc(-c2cccc(OC(C)C)c2)n1. The van der Waals surface area contributed by atoms with Gasteiger partial charge in [0.2, 0.25) is 5.89 Å². The van der Waals surface area contributed by atoms with E-state index in [1.165, 1.54) is 0 Å². The second-order valence-electron chi connectivity index (χ2n) is 5.02. The van der Waals surface area contributed by atoms with E-state index in [-0.39, 0.29) is 6.10 Å². The zero-order valence-corrected chi connectivity index (χ0v) is 12.3. The molecular weight excluding hydrogens is 252 g/mol. The van der Waals surface area contributed by atoms with Crippen molar-refractivity contribution in [2.45, 2.75) is 39.8 Å². The number of hydrogen-bond acceptors (Lipinski definition) is 4. The molecule has 20 heavy (non-hydrogen) atoms. The predicted octanol–water partition coefficient (Wildman–Crippen LogP) is 3.63. The average Bonchev–Trinajstić information content (AvgIpc) is 2.87. The Hall–Kier alpha value is -1.81. The van der Waals surface area contributed by atoms with Crippen molar-refractivity contribution in [3.8, 4) is 17.2 Å². The third kappa shape index (κ3) is 4.10. The maximum Gasteiger partial charge on any atom is 0.226 e. The number of rotatable bonds is 7. The van der Waals surface area contributed by atoms with E-state index in [2.05, 4.69) is 17.2 Å². The first kappa shape index (κ1) is 14.6. The van der Waals surface area contributed by atoms with E-state index in [0.717, 1.165) is 36.5 Å². The van der Waals surface area contributed by atoms with Crippen molar-refractivity contribution >= 4 is 0 Å². The number of benzene rings is 1. The van der Waals surface area contributed by atoms with Gasteiger partial charge in [0.25, 0.3) is 0 Å². The number of nitrogens with one attached hydrogen (secondary N) is 1. The topological polar surface area (TPSA) is 47.3 Å². The van der Waals surface area contributed by atoms with Crippen molar-refractivity contribution in [2.75, 3.05) is 6.54 Å². The van der Waals surface area contributed by atoms with Gasteiger partial charge in [0.1, 0.15) is 12.0 Å². The van der Waals surface area contributed by atoms with E-state index >= 15 is 0 Å². The van der Waals surface area contributed by atoms with Gasteiger partial charge >= 0.3 is 0 Å². The summed E-state index contributed by atoms with van der Waals surface area (Å²) in [6.45, 7) is 7.88. The molecule has 0 aliphatic heterocycles. The summed E-state index contributed by atoms with van der Waals surface area (Å²) in [5.41, 5.74) is 1.86. The van der Waals surface area contributed by atoms with Gasteiger partial charge in [0.05, 0.1) is 11.8 Å². The molecule has 1 aromatic carbocycles. The number of nitrogens with zero attached hydrogens (tertiary/aromatic N) is 1. The van der Waals surface area contributed by atoms with Gasteiger partial charge in [-0.05, 0) is 45.0 Å². The van der Waals surface area contributed by atoms with Crippen LogP contribution < -0.4 is 10.1 Å². The highest BCUT2D eigenvalue weighted by molar-refractivity contribution is 5.56. The van der Waals surface area contributed by atoms with Crippen molar-refractivity contribution in [1.29, 1.82) is 0 Å².